The first-order valence-electron chi connectivity index (χ1n) is 3.65. The quantitative estimate of drug-likeness (QED) is 0.656. The molecule has 1 unspecified atom stereocenters. The molecule has 1 aliphatic heterocycles. The van der Waals surface area contributed by atoms with Crippen LogP contribution < -0.4 is 5.32 Å². The third-order valence-corrected chi connectivity index (χ3v) is 2.81. The zero-order chi connectivity index (χ0) is 8.55. The Labute approximate surface area is 73.3 Å². The molecule has 0 bridgehead atoms. The number of hydrogen-bond acceptors (Lipinski definition) is 4. The molecule has 1 aliphatic rings. The Morgan fingerprint density at radius 1 is 1.83 bits per heavy atom. The molecule has 5 heteroatoms. The number of nitrogens with zero attached hydrogens (tertiary/aromatic N) is 1. The van der Waals surface area contributed by atoms with Gasteiger partial charge in [-0.15, -0.1) is 11.3 Å². The molecular weight excluding hydrogens is 176 g/mol. The van der Waals surface area contributed by atoms with Crippen molar-refractivity contribution in [1.82, 2.24) is 10.3 Å². The second-order valence-electron chi connectivity index (χ2n) is 2.70. The number of carbonyl (C=O) groups is 1. The summed E-state index contributed by atoms with van der Waals surface area (Å²) in [6, 6.07) is -0.459. The topological polar surface area (TPSA) is 62.2 Å². The molecule has 1 atom stereocenters. The van der Waals surface area contributed by atoms with Gasteiger partial charge in [0.2, 0.25) is 0 Å². The van der Waals surface area contributed by atoms with E-state index in [1.54, 1.807) is 16.8 Å². The first-order chi connectivity index (χ1) is 5.77. The van der Waals surface area contributed by atoms with E-state index in [9.17, 15) is 4.79 Å². The summed E-state index contributed by atoms with van der Waals surface area (Å²) in [6.45, 7) is 0.636. The molecule has 1 aromatic rings. The fourth-order valence-corrected chi connectivity index (χ4v) is 2.01. The Bertz CT molecular complexity index is 310. The van der Waals surface area contributed by atoms with E-state index in [0.717, 1.165) is 10.6 Å². The van der Waals surface area contributed by atoms with Crippen molar-refractivity contribution in [2.24, 2.45) is 0 Å². The van der Waals surface area contributed by atoms with Gasteiger partial charge in [0.05, 0.1) is 11.2 Å². The first-order valence-corrected chi connectivity index (χ1v) is 4.53. The van der Waals surface area contributed by atoms with Crippen molar-refractivity contribution in [3.8, 4) is 0 Å². The van der Waals surface area contributed by atoms with Crippen LogP contribution in [0.1, 0.15) is 10.6 Å². The van der Waals surface area contributed by atoms with Crippen LogP contribution >= 0.6 is 11.3 Å². The standard InChI is InChI=1S/C7H8N2O2S/c10-7(11)5-1-4-6(2-8-5)12-3-9-4/h3,5,8H,1-2H2,(H,10,11). The minimum absolute atomic E-state index is 0.459. The molecule has 0 radical (unpaired) electrons. The second kappa shape index (κ2) is 2.84. The Morgan fingerprint density at radius 3 is 3.42 bits per heavy atom. The summed E-state index contributed by atoms with van der Waals surface area (Å²) in [5, 5.41) is 11.6. The number of nitrogens with one attached hydrogen (secondary N) is 1. The molecule has 0 aromatic carbocycles. The highest BCUT2D eigenvalue weighted by Gasteiger charge is 2.24. The molecule has 0 fully saturated rings. The van der Waals surface area contributed by atoms with Crippen molar-refractivity contribution in [3.05, 3.63) is 16.1 Å². The van der Waals surface area contributed by atoms with Crippen LogP contribution in [0.4, 0.5) is 0 Å². The Hall–Kier alpha value is -0.940. The normalized spacial score (nSPS) is 21.8. The number of fused-ring (bicyclic) bond motifs is 1. The van der Waals surface area contributed by atoms with E-state index in [1.165, 1.54) is 0 Å². The lowest BCUT2D eigenvalue weighted by atomic mass is 10.1. The van der Waals surface area contributed by atoms with Crippen LogP contribution in [0.5, 0.6) is 0 Å². The van der Waals surface area contributed by atoms with E-state index in [4.69, 9.17) is 5.11 Å². The molecule has 0 saturated carbocycles. The maximum absolute atomic E-state index is 10.6. The molecule has 0 spiro atoms. The zero-order valence-electron chi connectivity index (χ0n) is 6.28. The molecule has 2 N–H and O–H groups in total. The van der Waals surface area contributed by atoms with Gasteiger partial charge in [0, 0.05) is 17.8 Å². The van der Waals surface area contributed by atoms with Gasteiger partial charge < -0.3 is 5.11 Å². The summed E-state index contributed by atoms with van der Waals surface area (Å²) in [7, 11) is 0. The summed E-state index contributed by atoms with van der Waals surface area (Å²) in [5.41, 5.74) is 2.70. The predicted octanol–water partition coefficient (Wildman–Crippen LogP) is 0.242. The van der Waals surface area contributed by atoms with Gasteiger partial charge in [-0.05, 0) is 0 Å². The predicted molar refractivity (Wildman–Crippen MR) is 44.1 cm³/mol. The van der Waals surface area contributed by atoms with Crippen LogP contribution in [0.15, 0.2) is 5.51 Å². The van der Waals surface area contributed by atoms with Gasteiger partial charge in [0.1, 0.15) is 6.04 Å². The van der Waals surface area contributed by atoms with Crippen LogP contribution in [0, 0.1) is 0 Å². The van der Waals surface area contributed by atoms with Gasteiger partial charge in [0.25, 0.3) is 0 Å². The highest BCUT2D eigenvalue weighted by molar-refractivity contribution is 7.09. The number of aliphatic carboxylic acids is 1. The number of thiazole rings is 1. The molecule has 12 heavy (non-hydrogen) atoms. The molecule has 0 saturated heterocycles. The molecule has 64 valence electrons. The number of carboxylic acid groups (broad SMARTS) is 1. The SMILES string of the molecule is O=C(O)C1Cc2ncsc2CN1. The first kappa shape index (κ1) is 7.70. The third-order valence-electron chi connectivity index (χ3n) is 1.93. The van der Waals surface area contributed by atoms with Crippen LogP contribution in [0.2, 0.25) is 0 Å². The lowest BCUT2D eigenvalue weighted by Gasteiger charge is -2.18. The molecule has 4 nitrogen and oxygen atoms in total. The minimum Gasteiger partial charge on any atom is -0.480 e. The Morgan fingerprint density at radius 2 is 2.67 bits per heavy atom. The van der Waals surface area contributed by atoms with Crippen molar-refractivity contribution in [3.63, 3.8) is 0 Å². The van der Waals surface area contributed by atoms with Crippen molar-refractivity contribution in [2.45, 2.75) is 19.0 Å². The van der Waals surface area contributed by atoms with Gasteiger partial charge >= 0.3 is 5.97 Å². The van der Waals surface area contributed by atoms with Gasteiger partial charge in [-0.25, -0.2) is 4.98 Å². The van der Waals surface area contributed by atoms with Gasteiger partial charge in [-0.1, -0.05) is 0 Å². The maximum atomic E-state index is 10.6. The van der Waals surface area contributed by atoms with E-state index in [1.807, 2.05) is 0 Å². The fourth-order valence-electron chi connectivity index (χ4n) is 1.26. The molecule has 2 heterocycles. The van der Waals surface area contributed by atoms with E-state index in [0.29, 0.717) is 13.0 Å². The van der Waals surface area contributed by atoms with Crippen LogP contribution in [0.3, 0.4) is 0 Å². The van der Waals surface area contributed by atoms with Crippen molar-refractivity contribution in [1.29, 1.82) is 0 Å². The number of hydrogen-bond donors (Lipinski definition) is 2. The molecule has 2 rings (SSSR count). The van der Waals surface area contributed by atoms with Crippen molar-refractivity contribution in [2.75, 3.05) is 0 Å². The molecule has 0 amide bonds. The Kier molecular flexibility index (Phi) is 1.82. The summed E-state index contributed by atoms with van der Waals surface area (Å²) in [5.74, 6) is -0.798. The van der Waals surface area contributed by atoms with Crippen molar-refractivity contribution < 1.29 is 9.90 Å². The van der Waals surface area contributed by atoms with E-state index in [2.05, 4.69) is 10.3 Å². The zero-order valence-corrected chi connectivity index (χ0v) is 7.10. The minimum atomic E-state index is -0.798. The average molecular weight is 184 g/mol. The number of carboxylic acids is 1. The van der Waals surface area contributed by atoms with E-state index in [-0.39, 0.29) is 0 Å². The monoisotopic (exact) mass is 184 g/mol. The highest BCUT2D eigenvalue weighted by atomic mass is 32.1. The van der Waals surface area contributed by atoms with Crippen LogP contribution in [-0.2, 0) is 17.8 Å². The summed E-state index contributed by atoms with van der Waals surface area (Å²) in [4.78, 5) is 15.9. The molecule has 1 aromatic heterocycles. The summed E-state index contributed by atoms with van der Waals surface area (Å²) in [6.07, 6.45) is 0.508. The van der Waals surface area contributed by atoms with Gasteiger partial charge in [-0.2, -0.15) is 0 Å². The smallest absolute Gasteiger partial charge is 0.321 e. The average Bonchev–Trinajstić information content (AvgIpc) is 2.49. The van der Waals surface area contributed by atoms with Gasteiger partial charge in [-0.3, -0.25) is 10.1 Å². The van der Waals surface area contributed by atoms with E-state index >= 15 is 0 Å². The fraction of sp³-hybridized carbons (Fsp3) is 0.429. The summed E-state index contributed by atoms with van der Waals surface area (Å²) >= 11 is 1.57. The highest BCUT2D eigenvalue weighted by Crippen LogP contribution is 2.19. The second-order valence-corrected chi connectivity index (χ2v) is 3.64. The van der Waals surface area contributed by atoms with E-state index < -0.39 is 12.0 Å². The molecule has 0 aliphatic carbocycles. The number of rotatable bonds is 1. The Balaban J connectivity index is 2.20. The third kappa shape index (κ3) is 1.21. The lowest BCUT2D eigenvalue weighted by molar-refractivity contribution is -0.139. The maximum Gasteiger partial charge on any atom is 0.321 e. The van der Waals surface area contributed by atoms with Crippen LogP contribution in [-0.4, -0.2) is 22.1 Å². The largest absolute Gasteiger partial charge is 0.480 e. The van der Waals surface area contributed by atoms with Gasteiger partial charge in [0.15, 0.2) is 0 Å². The van der Waals surface area contributed by atoms with Crippen LogP contribution in [0.25, 0.3) is 0 Å². The number of aromatic nitrogens is 1. The molecular formula is C7H8N2O2S. The van der Waals surface area contributed by atoms with Crippen molar-refractivity contribution >= 4 is 17.3 Å². The summed E-state index contributed by atoms with van der Waals surface area (Å²) < 4.78 is 0. The lowest BCUT2D eigenvalue weighted by Crippen LogP contribution is -2.41.